The summed E-state index contributed by atoms with van der Waals surface area (Å²) in [6, 6.07) is 7.60. The van der Waals surface area contributed by atoms with Crippen LogP contribution in [0.15, 0.2) is 28.7 Å². The first-order chi connectivity index (χ1) is 9.61. The standard InChI is InChI=1S/C15H19BrN2O2/c16-11-2-1-3-12(6-11)17-15(20)9-18-7-10-4-5-14(19)13(10)8-18/h1-3,6,10,13-14,19H,4-5,7-9H2,(H,17,20). The summed E-state index contributed by atoms with van der Waals surface area (Å²) in [6.07, 6.45) is 1.85. The third kappa shape index (κ3) is 3.05. The summed E-state index contributed by atoms with van der Waals surface area (Å²) in [7, 11) is 0. The average molecular weight is 339 g/mol. The second-order valence-corrected chi connectivity index (χ2v) is 6.74. The zero-order valence-electron chi connectivity index (χ0n) is 11.3. The Kier molecular flexibility index (Phi) is 4.10. The predicted octanol–water partition coefficient (Wildman–Crippen LogP) is 2.09. The Morgan fingerprint density at radius 2 is 2.25 bits per heavy atom. The van der Waals surface area contributed by atoms with E-state index in [0.717, 1.165) is 36.1 Å². The number of benzene rings is 1. The van der Waals surface area contributed by atoms with Gasteiger partial charge < -0.3 is 10.4 Å². The van der Waals surface area contributed by atoms with Crippen molar-refractivity contribution in [2.24, 2.45) is 11.8 Å². The summed E-state index contributed by atoms with van der Waals surface area (Å²) in [5.74, 6) is 0.954. The number of hydrogen-bond donors (Lipinski definition) is 2. The van der Waals surface area contributed by atoms with Crippen LogP contribution in [0.2, 0.25) is 0 Å². The number of rotatable bonds is 3. The fraction of sp³-hybridized carbons (Fsp3) is 0.533. The Morgan fingerprint density at radius 3 is 3.00 bits per heavy atom. The maximum absolute atomic E-state index is 12.1. The molecule has 0 bridgehead atoms. The molecule has 0 aromatic heterocycles. The van der Waals surface area contributed by atoms with Crippen molar-refractivity contribution in [3.05, 3.63) is 28.7 Å². The molecule has 1 saturated heterocycles. The molecule has 1 aliphatic carbocycles. The fourth-order valence-electron chi connectivity index (χ4n) is 3.43. The van der Waals surface area contributed by atoms with E-state index in [1.54, 1.807) is 0 Å². The summed E-state index contributed by atoms with van der Waals surface area (Å²) >= 11 is 3.39. The van der Waals surface area contributed by atoms with Gasteiger partial charge in [-0.3, -0.25) is 9.69 Å². The molecule has 2 N–H and O–H groups in total. The van der Waals surface area contributed by atoms with Crippen LogP contribution in [0.25, 0.3) is 0 Å². The Hall–Kier alpha value is -0.910. The van der Waals surface area contributed by atoms with Gasteiger partial charge in [0.1, 0.15) is 0 Å². The molecular weight excluding hydrogens is 320 g/mol. The summed E-state index contributed by atoms with van der Waals surface area (Å²) in [5.41, 5.74) is 0.809. The number of hydrogen-bond acceptors (Lipinski definition) is 3. The van der Waals surface area contributed by atoms with Gasteiger partial charge in [-0.2, -0.15) is 0 Å². The Labute approximate surface area is 127 Å². The predicted molar refractivity (Wildman–Crippen MR) is 81.4 cm³/mol. The molecule has 5 heteroatoms. The Balaban J connectivity index is 1.53. The minimum atomic E-state index is -0.168. The molecule has 108 valence electrons. The van der Waals surface area contributed by atoms with E-state index in [2.05, 4.69) is 26.1 Å². The van der Waals surface area contributed by atoms with Gasteiger partial charge in [0.05, 0.1) is 12.6 Å². The molecule has 1 heterocycles. The second kappa shape index (κ2) is 5.84. The van der Waals surface area contributed by atoms with Crippen LogP contribution < -0.4 is 5.32 Å². The topological polar surface area (TPSA) is 52.6 Å². The van der Waals surface area contributed by atoms with Crippen LogP contribution in [0.3, 0.4) is 0 Å². The molecule has 2 fully saturated rings. The van der Waals surface area contributed by atoms with E-state index in [-0.39, 0.29) is 12.0 Å². The van der Waals surface area contributed by atoms with Gasteiger partial charge in [-0.05, 0) is 37.0 Å². The van der Waals surface area contributed by atoms with Crippen molar-refractivity contribution in [2.45, 2.75) is 18.9 Å². The van der Waals surface area contributed by atoms with Gasteiger partial charge in [0.15, 0.2) is 0 Å². The molecule has 0 radical (unpaired) electrons. The lowest BCUT2D eigenvalue weighted by atomic mass is 10.00. The molecule has 3 unspecified atom stereocenters. The number of carbonyl (C=O) groups excluding carboxylic acids is 1. The van der Waals surface area contributed by atoms with Crippen LogP contribution in [0.5, 0.6) is 0 Å². The average Bonchev–Trinajstić information content (AvgIpc) is 2.92. The number of fused-ring (bicyclic) bond motifs is 1. The lowest BCUT2D eigenvalue weighted by Crippen LogP contribution is -2.33. The molecule has 20 heavy (non-hydrogen) atoms. The number of halogens is 1. The highest BCUT2D eigenvalue weighted by atomic mass is 79.9. The first-order valence-corrected chi connectivity index (χ1v) is 7.87. The van der Waals surface area contributed by atoms with E-state index in [1.165, 1.54) is 0 Å². The number of aliphatic hydroxyl groups is 1. The lowest BCUT2D eigenvalue weighted by molar-refractivity contribution is -0.117. The quantitative estimate of drug-likeness (QED) is 0.887. The largest absolute Gasteiger partial charge is 0.393 e. The van der Waals surface area contributed by atoms with Gasteiger partial charge in [0, 0.05) is 29.2 Å². The molecule has 1 aliphatic heterocycles. The number of nitrogens with one attached hydrogen (secondary N) is 1. The van der Waals surface area contributed by atoms with Crippen LogP contribution in [0.4, 0.5) is 5.69 Å². The number of amides is 1. The van der Waals surface area contributed by atoms with Crippen molar-refractivity contribution in [1.82, 2.24) is 4.90 Å². The van der Waals surface area contributed by atoms with E-state index in [4.69, 9.17) is 0 Å². The fourth-order valence-corrected chi connectivity index (χ4v) is 3.83. The van der Waals surface area contributed by atoms with Crippen LogP contribution in [-0.2, 0) is 4.79 Å². The molecule has 1 aromatic carbocycles. The second-order valence-electron chi connectivity index (χ2n) is 5.82. The van der Waals surface area contributed by atoms with E-state index in [9.17, 15) is 9.90 Å². The van der Waals surface area contributed by atoms with Crippen molar-refractivity contribution in [1.29, 1.82) is 0 Å². The third-order valence-corrected chi connectivity index (χ3v) is 4.86. The monoisotopic (exact) mass is 338 g/mol. The summed E-state index contributed by atoms with van der Waals surface area (Å²) in [4.78, 5) is 14.2. The van der Waals surface area contributed by atoms with E-state index in [1.807, 2.05) is 24.3 Å². The highest BCUT2D eigenvalue weighted by Crippen LogP contribution is 2.37. The number of aliphatic hydroxyl groups excluding tert-OH is 1. The zero-order chi connectivity index (χ0) is 14.1. The van der Waals surface area contributed by atoms with Crippen molar-refractivity contribution >= 4 is 27.5 Å². The Bertz CT molecular complexity index is 508. The number of nitrogens with zero attached hydrogens (tertiary/aromatic N) is 1. The van der Waals surface area contributed by atoms with Gasteiger partial charge in [-0.15, -0.1) is 0 Å². The Morgan fingerprint density at radius 1 is 1.40 bits per heavy atom. The number of anilines is 1. The molecule has 3 atom stereocenters. The SMILES string of the molecule is O=C(CN1CC2CCC(O)C2C1)Nc1cccc(Br)c1. The van der Waals surface area contributed by atoms with Crippen LogP contribution in [0.1, 0.15) is 12.8 Å². The smallest absolute Gasteiger partial charge is 0.238 e. The third-order valence-electron chi connectivity index (χ3n) is 4.37. The highest BCUT2D eigenvalue weighted by molar-refractivity contribution is 9.10. The van der Waals surface area contributed by atoms with Crippen LogP contribution in [-0.4, -0.2) is 41.7 Å². The maximum atomic E-state index is 12.1. The summed E-state index contributed by atoms with van der Waals surface area (Å²) in [5, 5.41) is 12.8. The normalized spacial score (nSPS) is 29.4. The molecule has 4 nitrogen and oxygen atoms in total. The van der Waals surface area contributed by atoms with Gasteiger partial charge in [-0.25, -0.2) is 0 Å². The van der Waals surface area contributed by atoms with Crippen molar-refractivity contribution in [3.8, 4) is 0 Å². The number of carbonyl (C=O) groups is 1. The van der Waals surface area contributed by atoms with Gasteiger partial charge in [0.25, 0.3) is 0 Å². The van der Waals surface area contributed by atoms with Crippen LogP contribution >= 0.6 is 15.9 Å². The van der Waals surface area contributed by atoms with E-state index in [0.29, 0.717) is 18.4 Å². The van der Waals surface area contributed by atoms with Gasteiger partial charge in [-0.1, -0.05) is 22.0 Å². The summed E-state index contributed by atoms with van der Waals surface area (Å²) < 4.78 is 0.953. The van der Waals surface area contributed by atoms with E-state index < -0.39 is 0 Å². The summed E-state index contributed by atoms with van der Waals surface area (Å²) in [6.45, 7) is 2.19. The van der Waals surface area contributed by atoms with Crippen molar-refractivity contribution in [3.63, 3.8) is 0 Å². The van der Waals surface area contributed by atoms with Gasteiger partial charge in [0.2, 0.25) is 5.91 Å². The number of likely N-dealkylation sites (tertiary alicyclic amines) is 1. The first-order valence-electron chi connectivity index (χ1n) is 7.07. The first kappa shape index (κ1) is 14.0. The minimum Gasteiger partial charge on any atom is -0.393 e. The van der Waals surface area contributed by atoms with Crippen molar-refractivity contribution in [2.75, 3.05) is 25.0 Å². The highest BCUT2D eigenvalue weighted by Gasteiger charge is 2.41. The van der Waals surface area contributed by atoms with Crippen LogP contribution in [0, 0.1) is 11.8 Å². The molecule has 1 aromatic rings. The molecule has 0 spiro atoms. The molecule has 3 rings (SSSR count). The maximum Gasteiger partial charge on any atom is 0.238 e. The van der Waals surface area contributed by atoms with Crippen molar-refractivity contribution < 1.29 is 9.90 Å². The van der Waals surface area contributed by atoms with Gasteiger partial charge >= 0.3 is 0 Å². The lowest BCUT2D eigenvalue weighted by Gasteiger charge is -2.17. The molecule has 1 amide bonds. The zero-order valence-corrected chi connectivity index (χ0v) is 12.8. The minimum absolute atomic E-state index is 0.0116. The molecule has 1 saturated carbocycles. The molecular formula is C15H19BrN2O2. The van der Waals surface area contributed by atoms with E-state index >= 15 is 0 Å². The molecule has 2 aliphatic rings.